The Labute approximate surface area is 289 Å². The molecule has 3 aromatic carbocycles. The maximum Gasteiger partial charge on any atom is 0.408 e. The van der Waals surface area contributed by atoms with E-state index in [0.29, 0.717) is 18.7 Å². The lowest BCUT2D eigenvalue weighted by molar-refractivity contribution is -0.131. The van der Waals surface area contributed by atoms with E-state index in [0.717, 1.165) is 42.0 Å². The Bertz CT molecular complexity index is 1470. The van der Waals surface area contributed by atoms with Crippen LogP contribution in [-0.4, -0.2) is 70.6 Å². The molecule has 0 spiro atoms. The summed E-state index contributed by atoms with van der Waals surface area (Å²) in [6.07, 6.45) is 0.654. The number of hydrogen-bond donors (Lipinski definition) is 4. The van der Waals surface area contributed by atoms with Gasteiger partial charge < -0.3 is 30.7 Å². The minimum Gasteiger partial charge on any atom is -0.445 e. The number of carbonyl (C=O) groups is 2. The van der Waals surface area contributed by atoms with E-state index in [2.05, 4.69) is 5.32 Å². The predicted molar refractivity (Wildman–Crippen MR) is 188 cm³/mol. The summed E-state index contributed by atoms with van der Waals surface area (Å²) < 4.78 is 33.2. The molecule has 0 aliphatic carbocycles. The van der Waals surface area contributed by atoms with Gasteiger partial charge in [0.2, 0.25) is 5.91 Å². The predicted octanol–water partition coefficient (Wildman–Crippen LogP) is 5.96. The maximum absolute atomic E-state index is 13.9. The lowest BCUT2D eigenvalue weighted by Crippen LogP contribution is -2.52. The van der Waals surface area contributed by atoms with Gasteiger partial charge in [-0.15, -0.1) is 0 Å². The highest BCUT2D eigenvalue weighted by Gasteiger charge is 2.28. The SMILES string of the molecule is CCCN(CCC)C(=O)CC[C@H](NC(=O)OCc1ccccc1)C(=N)N(Cc1cccc(CC)c1)C[C@@H](O)[C@@H](N)Cc1cc(F)cc(F)c1. The van der Waals surface area contributed by atoms with Crippen LogP contribution in [0.15, 0.2) is 72.8 Å². The number of aliphatic hydroxyl groups excluding tert-OH is 1. The van der Waals surface area contributed by atoms with E-state index in [1.807, 2.05) is 75.4 Å². The third-order valence-corrected chi connectivity index (χ3v) is 8.23. The lowest BCUT2D eigenvalue weighted by atomic mass is 10.00. The van der Waals surface area contributed by atoms with Crippen molar-refractivity contribution in [3.63, 3.8) is 0 Å². The molecule has 0 aromatic heterocycles. The number of nitrogens with zero attached hydrogens (tertiary/aromatic N) is 2. The normalized spacial score (nSPS) is 12.9. The fourth-order valence-electron chi connectivity index (χ4n) is 5.65. The topological polar surface area (TPSA) is 132 Å². The van der Waals surface area contributed by atoms with Crippen LogP contribution in [0.25, 0.3) is 0 Å². The highest BCUT2D eigenvalue weighted by Crippen LogP contribution is 2.17. The fourth-order valence-corrected chi connectivity index (χ4v) is 5.65. The van der Waals surface area contributed by atoms with Crippen molar-refractivity contribution in [3.8, 4) is 0 Å². The molecule has 3 aromatic rings. The molecule has 266 valence electrons. The molecule has 0 heterocycles. The van der Waals surface area contributed by atoms with Crippen molar-refractivity contribution < 1.29 is 28.2 Å². The number of nitrogens with one attached hydrogen (secondary N) is 2. The zero-order chi connectivity index (χ0) is 35.8. The second-order valence-corrected chi connectivity index (χ2v) is 12.3. The summed E-state index contributed by atoms with van der Waals surface area (Å²) in [7, 11) is 0. The first kappa shape index (κ1) is 39.1. The Morgan fingerprint density at radius 3 is 2.14 bits per heavy atom. The van der Waals surface area contributed by atoms with Gasteiger partial charge in [-0.25, -0.2) is 13.6 Å². The zero-order valence-corrected chi connectivity index (χ0v) is 28.8. The number of nitrogens with two attached hydrogens (primary N) is 1. The summed E-state index contributed by atoms with van der Waals surface area (Å²) in [6.45, 7) is 7.38. The number of carbonyl (C=O) groups excluding carboxylic acids is 2. The number of amides is 2. The lowest BCUT2D eigenvalue weighted by Gasteiger charge is -2.34. The maximum atomic E-state index is 13.9. The Kier molecular flexibility index (Phi) is 16.1. The van der Waals surface area contributed by atoms with Gasteiger partial charge in [-0.3, -0.25) is 10.2 Å². The molecule has 0 bridgehead atoms. The second kappa shape index (κ2) is 20.2. The molecular weight excluding hydrogens is 628 g/mol. The van der Waals surface area contributed by atoms with E-state index in [4.69, 9.17) is 10.5 Å². The van der Waals surface area contributed by atoms with Crippen molar-refractivity contribution in [2.24, 2.45) is 5.73 Å². The molecule has 0 unspecified atom stereocenters. The third kappa shape index (κ3) is 13.2. The number of benzene rings is 3. The first-order valence-corrected chi connectivity index (χ1v) is 17.1. The van der Waals surface area contributed by atoms with Crippen LogP contribution in [-0.2, 0) is 35.5 Å². The molecule has 5 N–H and O–H groups in total. The van der Waals surface area contributed by atoms with Gasteiger partial charge >= 0.3 is 6.09 Å². The van der Waals surface area contributed by atoms with Crippen LogP contribution in [0.5, 0.6) is 0 Å². The van der Waals surface area contributed by atoms with Crippen molar-refractivity contribution >= 4 is 17.8 Å². The van der Waals surface area contributed by atoms with E-state index >= 15 is 0 Å². The monoisotopic (exact) mass is 679 g/mol. The number of ether oxygens (including phenoxy) is 1. The quantitative estimate of drug-likeness (QED) is 0.0914. The summed E-state index contributed by atoms with van der Waals surface area (Å²) >= 11 is 0. The first-order valence-electron chi connectivity index (χ1n) is 17.1. The summed E-state index contributed by atoms with van der Waals surface area (Å²) in [5.74, 6) is -1.59. The van der Waals surface area contributed by atoms with E-state index in [-0.39, 0.29) is 50.7 Å². The first-order chi connectivity index (χ1) is 23.5. The molecule has 11 heteroatoms. The summed E-state index contributed by atoms with van der Waals surface area (Å²) in [5.41, 5.74) is 9.39. The number of alkyl carbamates (subject to hydrolysis) is 1. The minimum atomic E-state index is -1.21. The van der Waals surface area contributed by atoms with Gasteiger partial charge in [-0.1, -0.05) is 75.4 Å². The minimum absolute atomic E-state index is 0.00494. The number of amidine groups is 1. The molecule has 0 fully saturated rings. The standard InChI is InChI=1S/C38H51F2N5O4/c1-4-17-44(18-5-2)36(47)16-15-34(43-38(48)49-26-28-11-8-7-9-12-28)37(42)45(24-29-14-10-13-27(6-3)19-29)25-35(46)33(41)22-30-20-31(39)23-32(40)21-30/h7-14,19-21,23,33-35,42,46H,4-6,15-18,22,24-26,41H2,1-3H3,(H,43,48)/t33-,34-,35+/m0/s1. The van der Waals surface area contributed by atoms with Gasteiger partial charge in [0.25, 0.3) is 0 Å². The molecule has 0 saturated heterocycles. The van der Waals surface area contributed by atoms with Crippen LogP contribution in [0.2, 0.25) is 0 Å². The van der Waals surface area contributed by atoms with Crippen LogP contribution < -0.4 is 11.1 Å². The van der Waals surface area contributed by atoms with Gasteiger partial charge in [0.15, 0.2) is 0 Å². The number of aryl methyl sites for hydroxylation is 1. The van der Waals surface area contributed by atoms with Crippen LogP contribution >= 0.6 is 0 Å². The number of hydrogen-bond acceptors (Lipinski definition) is 6. The average Bonchev–Trinajstić information content (AvgIpc) is 3.08. The number of halogens is 2. The Hall–Kier alpha value is -4.35. The number of rotatable bonds is 19. The van der Waals surface area contributed by atoms with Gasteiger partial charge in [-0.05, 0) is 66.5 Å². The largest absolute Gasteiger partial charge is 0.445 e. The van der Waals surface area contributed by atoms with E-state index in [9.17, 15) is 28.9 Å². The van der Waals surface area contributed by atoms with Crippen LogP contribution in [0, 0.1) is 17.0 Å². The Morgan fingerprint density at radius 2 is 1.51 bits per heavy atom. The smallest absolute Gasteiger partial charge is 0.408 e. The molecule has 3 atom stereocenters. The van der Waals surface area contributed by atoms with E-state index in [1.165, 1.54) is 12.1 Å². The summed E-state index contributed by atoms with van der Waals surface area (Å²) in [4.78, 5) is 29.8. The van der Waals surface area contributed by atoms with E-state index < -0.39 is 35.9 Å². The van der Waals surface area contributed by atoms with Gasteiger partial charge in [0.1, 0.15) is 24.1 Å². The van der Waals surface area contributed by atoms with Crippen LogP contribution in [0.1, 0.15) is 68.7 Å². The molecule has 0 saturated carbocycles. The summed E-state index contributed by atoms with van der Waals surface area (Å²) in [5, 5.41) is 23.4. The van der Waals surface area contributed by atoms with Gasteiger partial charge in [0.05, 0.1) is 12.1 Å². The van der Waals surface area contributed by atoms with Crippen LogP contribution in [0.4, 0.5) is 13.6 Å². The molecule has 49 heavy (non-hydrogen) atoms. The molecule has 0 radical (unpaired) electrons. The second-order valence-electron chi connectivity index (χ2n) is 12.3. The van der Waals surface area contributed by atoms with Gasteiger partial charge in [-0.2, -0.15) is 0 Å². The Morgan fingerprint density at radius 1 is 0.878 bits per heavy atom. The molecule has 3 rings (SSSR count). The molecular formula is C38H51F2N5O4. The van der Waals surface area contributed by atoms with Crippen molar-refractivity contribution in [1.29, 1.82) is 5.41 Å². The van der Waals surface area contributed by atoms with Crippen molar-refractivity contribution in [2.45, 2.75) is 90.6 Å². The Balaban J connectivity index is 1.87. The highest BCUT2D eigenvalue weighted by molar-refractivity contribution is 5.88. The molecule has 0 aliphatic heterocycles. The van der Waals surface area contributed by atoms with Crippen molar-refractivity contribution in [2.75, 3.05) is 19.6 Å². The molecule has 0 aliphatic rings. The van der Waals surface area contributed by atoms with Crippen molar-refractivity contribution in [1.82, 2.24) is 15.1 Å². The zero-order valence-electron chi connectivity index (χ0n) is 28.8. The van der Waals surface area contributed by atoms with Crippen LogP contribution in [0.3, 0.4) is 0 Å². The van der Waals surface area contributed by atoms with Gasteiger partial charge in [0, 0.05) is 44.7 Å². The van der Waals surface area contributed by atoms with E-state index in [1.54, 1.807) is 9.80 Å². The average molecular weight is 680 g/mol. The highest BCUT2D eigenvalue weighted by atomic mass is 19.1. The summed E-state index contributed by atoms with van der Waals surface area (Å²) in [6, 6.07) is 18.3. The molecule has 2 amide bonds. The van der Waals surface area contributed by atoms with Crippen molar-refractivity contribution in [3.05, 3.63) is 107 Å². The third-order valence-electron chi connectivity index (χ3n) is 8.23. The fraction of sp³-hybridized carbons (Fsp3) is 0.447. The number of aliphatic hydroxyl groups is 1. The molecule has 9 nitrogen and oxygen atoms in total.